The predicted octanol–water partition coefficient (Wildman–Crippen LogP) is 3.48. The molecule has 0 aliphatic carbocycles. The first kappa shape index (κ1) is 19.3. The maximum atomic E-state index is 14.1. The van der Waals surface area contributed by atoms with Crippen molar-refractivity contribution in [3.05, 3.63) is 60.2 Å². The van der Waals surface area contributed by atoms with Gasteiger partial charge in [-0.15, -0.1) is 0 Å². The smallest absolute Gasteiger partial charge is 0.175 e. The molecule has 0 radical (unpaired) electrons. The third kappa shape index (κ3) is 3.94. The fourth-order valence-electron chi connectivity index (χ4n) is 3.11. The van der Waals surface area contributed by atoms with Gasteiger partial charge in [-0.3, -0.25) is 0 Å². The fraction of sp³-hybridized carbons (Fsp3) is 0.250. The van der Waals surface area contributed by atoms with Gasteiger partial charge < -0.3 is 10.3 Å². The van der Waals surface area contributed by atoms with E-state index in [0.29, 0.717) is 6.42 Å². The summed E-state index contributed by atoms with van der Waals surface area (Å²) < 4.78 is 39.7. The summed E-state index contributed by atoms with van der Waals surface area (Å²) in [6, 6.07) is 12.4. The molecule has 27 heavy (non-hydrogen) atoms. The molecular formula is C20H22FN3O2S. The van der Waals surface area contributed by atoms with Gasteiger partial charge in [0, 0.05) is 24.8 Å². The number of aryl methyl sites for hydroxylation is 1. The van der Waals surface area contributed by atoms with Crippen molar-refractivity contribution in [3.8, 4) is 11.1 Å². The molecule has 0 aliphatic heterocycles. The Morgan fingerprint density at radius 3 is 2.67 bits per heavy atom. The number of hydrogen-bond donors (Lipinski definition) is 1. The van der Waals surface area contributed by atoms with Crippen LogP contribution >= 0.6 is 0 Å². The summed E-state index contributed by atoms with van der Waals surface area (Å²) >= 11 is 0. The fourth-order valence-corrected chi connectivity index (χ4v) is 3.78. The molecule has 0 amide bonds. The summed E-state index contributed by atoms with van der Waals surface area (Å²) in [5.41, 5.74) is 8.50. The number of sulfone groups is 1. The Labute approximate surface area is 158 Å². The van der Waals surface area contributed by atoms with Gasteiger partial charge in [-0.2, -0.15) is 0 Å². The van der Waals surface area contributed by atoms with E-state index in [4.69, 9.17) is 10.7 Å². The summed E-state index contributed by atoms with van der Waals surface area (Å²) in [7, 11) is -3.31. The predicted molar refractivity (Wildman–Crippen MR) is 106 cm³/mol. The van der Waals surface area contributed by atoms with Gasteiger partial charge in [0.15, 0.2) is 9.84 Å². The second-order valence-electron chi connectivity index (χ2n) is 6.33. The maximum Gasteiger partial charge on any atom is 0.175 e. The van der Waals surface area contributed by atoms with E-state index >= 15 is 0 Å². The molecule has 1 heterocycles. The van der Waals surface area contributed by atoms with Crippen LogP contribution in [-0.2, 0) is 22.8 Å². The second kappa shape index (κ2) is 7.62. The second-order valence-corrected chi connectivity index (χ2v) is 8.34. The van der Waals surface area contributed by atoms with Gasteiger partial charge in [0.25, 0.3) is 0 Å². The SMILES string of the molecule is CCc1nc2c(-c3cccc(S(C)(=O)=O)c3)cccc2n1C/C(F)=C/CN. The first-order valence-corrected chi connectivity index (χ1v) is 10.6. The number of rotatable bonds is 6. The quantitative estimate of drug-likeness (QED) is 0.702. The Balaban J connectivity index is 2.19. The van der Waals surface area contributed by atoms with Crippen molar-refractivity contribution < 1.29 is 12.8 Å². The van der Waals surface area contributed by atoms with Crippen molar-refractivity contribution >= 4 is 20.9 Å². The highest BCUT2D eigenvalue weighted by Gasteiger charge is 2.16. The van der Waals surface area contributed by atoms with Crippen molar-refractivity contribution in [1.82, 2.24) is 9.55 Å². The van der Waals surface area contributed by atoms with Crippen molar-refractivity contribution in [2.45, 2.75) is 24.8 Å². The normalized spacial score (nSPS) is 12.7. The van der Waals surface area contributed by atoms with Gasteiger partial charge in [-0.1, -0.05) is 31.2 Å². The Morgan fingerprint density at radius 2 is 2.00 bits per heavy atom. The third-order valence-corrected chi connectivity index (χ3v) is 5.51. The van der Waals surface area contributed by atoms with E-state index < -0.39 is 9.84 Å². The topological polar surface area (TPSA) is 78.0 Å². The van der Waals surface area contributed by atoms with E-state index in [0.717, 1.165) is 28.0 Å². The number of nitrogens with two attached hydrogens (primary N) is 1. The Bertz CT molecular complexity index is 1120. The molecule has 3 rings (SSSR count). The van der Waals surface area contributed by atoms with E-state index in [1.807, 2.05) is 35.8 Å². The first-order valence-electron chi connectivity index (χ1n) is 8.68. The number of nitrogens with zero attached hydrogens (tertiary/aromatic N) is 2. The minimum atomic E-state index is -3.31. The van der Waals surface area contributed by atoms with Crippen molar-refractivity contribution in [2.75, 3.05) is 12.8 Å². The molecule has 2 N–H and O–H groups in total. The van der Waals surface area contributed by atoms with Crippen LogP contribution in [0.15, 0.2) is 59.3 Å². The molecule has 1 aromatic heterocycles. The number of benzene rings is 2. The Morgan fingerprint density at radius 1 is 1.26 bits per heavy atom. The van der Waals surface area contributed by atoms with Crippen molar-refractivity contribution in [1.29, 1.82) is 0 Å². The first-order chi connectivity index (χ1) is 12.8. The Hall–Kier alpha value is -2.51. The molecule has 0 saturated heterocycles. The zero-order valence-electron chi connectivity index (χ0n) is 15.3. The lowest BCUT2D eigenvalue weighted by Crippen LogP contribution is -2.05. The molecule has 2 aromatic carbocycles. The highest BCUT2D eigenvalue weighted by Crippen LogP contribution is 2.31. The van der Waals surface area contributed by atoms with Crippen LogP contribution in [0.3, 0.4) is 0 Å². The zero-order valence-corrected chi connectivity index (χ0v) is 16.1. The summed E-state index contributed by atoms with van der Waals surface area (Å²) in [6.45, 7) is 2.18. The lowest BCUT2D eigenvalue weighted by atomic mass is 10.0. The number of fused-ring (bicyclic) bond motifs is 1. The van der Waals surface area contributed by atoms with E-state index in [1.165, 1.54) is 12.3 Å². The van der Waals surface area contributed by atoms with Crippen LogP contribution in [0.4, 0.5) is 4.39 Å². The van der Waals surface area contributed by atoms with E-state index in [-0.39, 0.29) is 23.8 Å². The number of halogens is 1. The average molecular weight is 387 g/mol. The Kier molecular flexibility index (Phi) is 5.43. The molecule has 7 heteroatoms. The highest BCUT2D eigenvalue weighted by atomic mass is 32.2. The molecule has 0 saturated carbocycles. The molecule has 142 valence electrons. The lowest BCUT2D eigenvalue weighted by Gasteiger charge is -2.08. The summed E-state index contributed by atoms with van der Waals surface area (Å²) in [5, 5.41) is 0. The molecule has 0 atom stereocenters. The van der Waals surface area contributed by atoms with Gasteiger partial charge >= 0.3 is 0 Å². The molecule has 0 fully saturated rings. The third-order valence-electron chi connectivity index (χ3n) is 4.40. The largest absolute Gasteiger partial charge is 0.327 e. The molecule has 3 aromatic rings. The number of hydrogen-bond acceptors (Lipinski definition) is 4. The van der Waals surface area contributed by atoms with Gasteiger partial charge in [-0.05, 0) is 29.8 Å². The number of allylic oxidation sites excluding steroid dienone is 1. The van der Waals surface area contributed by atoms with Crippen LogP contribution in [0.1, 0.15) is 12.7 Å². The van der Waals surface area contributed by atoms with Gasteiger partial charge in [0.1, 0.15) is 11.7 Å². The number of aromatic nitrogens is 2. The van der Waals surface area contributed by atoms with Crippen LogP contribution in [0.2, 0.25) is 0 Å². The number of imidazole rings is 1. The average Bonchev–Trinajstić information content (AvgIpc) is 2.99. The van der Waals surface area contributed by atoms with E-state index in [1.54, 1.807) is 18.2 Å². The maximum absolute atomic E-state index is 14.1. The van der Waals surface area contributed by atoms with Crippen molar-refractivity contribution in [2.24, 2.45) is 5.73 Å². The molecular weight excluding hydrogens is 365 g/mol. The van der Waals surface area contributed by atoms with Gasteiger partial charge in [0.2, 0.25) is 0 Å². The minimum Gasteiger partial charge on any atom is -0.327 e. The molecule has 0 aliphatic rings. The van der Waals surface area contributed by atoms with Crippen molar-refractivity contribution in [3.63, 3.8) is 0 Å². The summed E-state index contributed by atoms with van der Waals surface area (Å²) in [6.07, 6.45) is 3.18. The molecule has 0 bridgehead atoms. The molecule has 0 spiro atoms. The number of para-hydroxylation sites is 1. The summed E-state index contributed by atoms with van der Waals surface area (Å²) in [5.74, 6) is 0.452. The van der Waals surface area contributed by atoms with Crippen LogP contribution in [0, 0.1) is 0 Å². The molecule has 0 unspecified atom stereocenters. The van der Waals surface area contributed by atoms with Crippen LogP contribution in [-0.4, -0.2) is 30.8 Å². The van der Waals surface area contributed by atoms with E-state index in [9.17, 15) is 12.8 Å². The highest BCUT2D eigenvalue weighted by molar-refractivity contribution is 7.90. The zero-order chi connectivity index (χ0) is 19.6. The van der Waals surface area contributed by atoms with Crippen LogP contribution in [0.5, 0.6) is 0 Å². The van der Waals surface area contributed by atoms with E-state index in [2.05, 4.69) is 0 Å². The monoisotopic (exact) mass is 387 g/mol. The van der Waals surface area contributed by atoms with Gasteiger partial charge in [0.05, 0.1) is 22.5 Å². The minimum absolute atomic E-state index is 0.0731. The van der Waals surface area contributed by atoms with Gasteiger partial charge in [-0.25, -0.2) is 17.8 Å². The van der Waals surface area contributed by atoms with Crippen LogP contribution in [0.25, 0.3) is 22.2 Å². The standard InChI is InChI=1S/C20H22FN3O2S/c1-3-19-23-20-17(14-6-4-7-16(12-14)27(2,25)26)8-5-9-18(20)24(19)13-15(21)10-11-22/h4-10,12H,3,11,13,22H2,1-2H3/b15-10-. The van der Waals surface area contributed by atoms with Crippen LogP contribution < -0.4 is 5.73 Å². The molecule has 5 nitrogen and oxygen atoms in total. The summed E-state index contributed by atoms with van der Waals surface area (Å²) in [4.78, 5) is 4.95. The lowest BCUT2D eigenvalue weighted by molar-refractivity contribution is 0.549.